The molecule has 0 aliphatic rings. The van der Waals surface area contributed by atoms with Crippen molar-refractivity contribution in [3.05, 3.63) is 46.8 Å². The van der Waals surface area contributed by atoms with Crippen molar-refractivity contribution in [3.8, 4) is 5.75 Å². The molecule has 124 valence electrons. The molecule has 0 radical (unpaired) electrons. The van der Waals surface area contributed by atoms with Gasteiger partial charge in [0.2, 0.25) is 10.0 Å². The molecule has 1 aromatic carbocycles. The third-order valence-corrected chi connectivity index (χ3v) is 5.60. The lowest BCUT2D eigenvalue weighted by Gasteiger charge is -2.07. The Bertz CT molecular complexity index is 767. The van der Waals surface area contributed by atoms with Crippen LogP contribution in [0.4, 0.5) is 0 Å². The molecule has 0 unspecified atom stereocenters. The predicted molar refractivity (Wildman–Crippen MR) is 88.9 cm³/mol. The Labute approximate surface area is 139 Å². The summed E-state index contributed by atoms with van der Waals surface area (Å²) in [6.45, 7) is 2.20. The highest BCUT2D eigenvalue weighted by atomic mass is 32.2. The van der Waals surface area contributed by atoms with Gasteiger partial charge in [-0.25, -0.2) is 13.6 Å². The molecule has 0 bridgehead atoms. The minimum Gasteiger partial charge on any atom is -0.484 e. The number of hydrogen-bond acceptors (Lipinski definition) is 5. The number of hydrogen-bond donors (Lipinski definition) is 2. The van der Waals surface area contributed by atoms with Gasteiger partial charge in [-0.1, -0.05) is 19.1 Å². The molecule has 23 heavy (non-hydrogen) atoms. The molecule has 1 aromatic heterocycles. The Morgan fingerprint density at radius 2 is 1.91 bits per heavy atom. The van der Waals surface area contributed by atoms with E-state index in [2.05, 4.69) is 12.2 Å². The fourth-order valence-corrected chi connectivity index (χ4v) is 3.53. The maximum Gasteiger partial charge on any atom is 0.258 e. The van der Waals surface area contributed by atoms with E-state index in [1.54, 1.807) is 6.07 Å². The van der Waals surface area contributed by atoms with E-state index in [0.29, 0.717) is 10.6 Å². The second-order valence-corrected chi connectivity index (χ2v) is 7.79. The topological polar surface area (TPSA) is 98.5 Å². The maximum absolute atomic E-state index is 11.7. The third-order valence-electron chi connectivity index (χ3n) is 3.08. The summed E-state index contributed by atoms with van der Waals surface area (Å²) in [5, 5.41) is 7.70. The van der Waals surface area contributed by atoms with Gasteiger partial charge in [-0.2, -0.15) is 0 Å². The van der Waals surface area contributed by atoms with Gasteiger partial charge < -0.3 is 10.1 Å². The van der Waals surface area contributed by atoms with Crippen molar-refractivity contribution in [3.63, 3.8) is 0 Å². The predicted octanol–water partition coefficient (Wildman–Crippen LogP) is 1.65. The van der Waals surface area contributed by atoms with Crippen LogP contribution in [-0.2, 0) is 27.8 Å². The molecule has 3 N–H and O–H groups in total. The van der Waals surface area contributed by atoms with E-state index in [4.69, 9.17) is 9.88 Å². The molecule has 0 saturated carbocycles. The van der Waals surface area contributed by atoms with Gasteiger partial charge >= 0.3 is 0 Å². The molecule has 0 saturated heterocycles. The van der Waals surface area contributed by atoms with Crippen molar-refractivity contribution < 1.29 is 17.9 Å². The first-order valence-electron chi connectivity index (χ1n) is 6.98. The number of carbonyl (C=O) groups is 1. The van der Waals surface area contributed by atoms with E-state index >= 15 is 0 Å². The molecule has 0 atom stereocenters. The second-order valence-electron chi connectivity index (χ2n) is 4.83. The number of primary sulfonamides is 1. The Hall–Kier alpha value is -1.90. The number of amides is 1. The second kappa shape index (κ2) is 7.58. The van der Waals surface area contributed by atoms with Crippen molar-refractivity contribution >= 4 is 27.3 Å². The number of benzene rings is 1. The number of thiophene rings is 1. The average molecular weight is 354 g/mol. The Kier molecular flexibility index (Phi) is 5.75. The zero-order valence-electron chi connectivity index (χ0n) is 12.6. The van der Waals surface area contributed by atoms with Crippen molar-refractivity contribution in [1.29, 1.82) is 0 Å². The van der Waals surface area contributed by atoms with Crippen LogP contribution < -0.4 is 15.2 Å². The third kappa shape index (κ3) is 5.34. The van der Waals surface area contributed by atoms with Gasteiger partial charge in [-0.15, -0.1) is 11.3 Å². The number of sulfonamides is 1. The van der Waals surface area contributed by atoms with Crippen LogP contribution in [-0.4, -0.2) is 20.9 Å². The molecule has 1 heterocycles. The van der Waals surface area contributed by atoms with Gasteiger partial charge in [0.25, 0.3) is 5.91 Å². The molecule has 6 nitrogen and oxygen atoms in total. The number of aryl methyl sites for hydroxylation is 1. The summed E-state index contributed by atoms with van der Waals surface area (Å²) in [7, 11) is -3.69. The first-order chi connectivity index (χ1) is 10.9. The zero-order valence-corrected chi connectivity index (χ0v) is 14.2. The summed E-state index contributed by atoms with van der Waals surface area (Å²) in [6, 6.07) is 10.6. The summed E-state index contributed by atoms with van der Waals surface area (Å²) in [5.41, 5.74) is 1.20. The van der Waals surface area contributed by atoms with Crippen LogP contribution in [0.2, 0.25) is 0 Å². The monoisotopic (exact) mass is 354 g/mol. The Balaban J connectivity index is 1.79. The van der Waals surface area contributed by atoms with E-state index in [1.165, 1.54) is 11.6 Å². The summed E-state index contributed by atoms with van der Waals surface area (Å²) in [5.74, 6) is 0.347. The minimum absolute atomic E-state index is 0.0778. The van der Waals surface area contributed by atoms with Crippen LogP contribution in [0.25, 0.3) is 0 Å². The van der Waals surface area contributed by atoms with Crippen LogP contribution in [0.1, 0.15) is 17.4 Å². The molecular formula is C15H18N2O4S2. The summed E-state index contributed by atoms with van der Waals surface area (Å²) in [6.07, 6.45) is 0.947. The lowest BCUT2D eigenvalue weighted by Crippen LogP contribution is -2.28. The smallest absolute Gasteiger partial charge is 0.258 e. The van der Waals surface area contributed by atoms with Crippen LogP contribution in [0.3, 0.4) is 0 Å². The van der Waals surface area contributed by atoms with E-state index in [9.17, 15) is 13.2 Å². The maximum atomic E-state index is 11.7. The van der Waals surface area contributed by atoms with Crippen LogP contribution >= 0.6 is 11.3 Å². The van der Waals surface area contributed by atoms with Crippen molar-refractivity contribution in [2.24, 2.45) is 5.14 Å². The standard InChI is InChI=1S/C15H18N2O4S2/c1-2-11-3-5-12(6-4-11)21-10-14(18)17-9-13-7-8-15(22-13)23(16,19)20/h3-8H,2,9-10H2,1H3,(H,17,18)(H2,16,19,20). The number of carbonyl (C=O) groups excluding carboxylic acids is 1. The number of nitrogens with one attached hydrogen (secondary N) is 1. The van der Waals surface area contributed by atoms with E-state index < -0.39 is 10.0 Å². The number of rotatable bonds is 7. The normalized spacial score (nSPS) is 11.2. The Morgan fingerprint density at radius 3 is 2.48 bits per heavy atom. The Morgan fingerprint density at radius 1 is 1.22 bits per heavy atom. The summed E-state index contributed by atoms with van der Waals surface area (Å²) < 4.78 is 27.8. The highest BCUT2D eigenvalue weighted by Gasteiger charge is 2.11. The summed E-state index contributed by atoms with van der Waals surface area (Å²) >= 11 is 1.03. The van der Waals surface area contributed by atoms with Crippen LogP contribution in [0, 0.1) is 0 Å². The van der Waals surface area contributed by atoms with Gasteiger partial charge in [-0.3, -0.25) is 4.79 Å². The minimum atomic E-state index is -3.69. The highest BCUT2D eigenvalue weighted by Crippen LogP contribution is 2.20. The van der Waals surface area contributed by atoms with Crippen LogP contribution in [0.5, 0.6) is 5.75 Å². The van der Waals surface area contributed by atoms with Gasteiger partial charge in [0, 0.05) is 4.88 Å². The first-order valence-corrected chi connectivity index (χ1v) is 9.34. The fraction of sp³-hybridized carbons (Fsp3) is 0.267. The first kappa shape index (κ1) is 17.5. The highest BCUT2D eigenvalue weighted by molar-refractivity contribution is 7.91. The number of nitrogens with two attached hydrogens (primary N) is 1. The van der Waals surface area contributed by atoms with Crippen molar-refractivity contribution in [1.82, 2.24) is 5.32 Å². The molecule has 0 aliphatic carbocycles. The average Bonchev–Trinajstić information content (AvgIpc) is 3.00. The SMILES string of the molecule is CCc1ccc(OCC(=O)NCc2ccc(S(N)(=O)=O)s2)cc1. The van der Waals surface area contributed by atoms with Gasteiger partial charge in [0.05, 0.1) is 6.54 Å². The van der Waals surface area contributed by atoms with Crippen molar-refractivity contribution in [2.45, 2.75) is 24.1 Å². The fourth-order valence-electron chi connectivity index (χ4n) is 1.81. The zero-order chi connectivity index (χ0) is 16.9. The molecule has 0 aliphatic heterocycles. The molecule has 2 aromatic rings. The number of ether oxygens (including phenoxy) is 1. The molecule has 0 spiro atoms. The molecular weight excluding hydrogens is 336 g/mol. The molecule has 0 fully saturated rings. The largest absolute Gasteiger partial charge is 0.484 e. The quantitative estimate of drug-likeness (QED) is 0.790. The summed E-state index contributed by atoms with van der Waals surface area (Å²) in [4.78, 5) is 12.4. The van der Waals surface area contributed by atoms with Gasteiger partial charge in [-0.05, 0) is 36.2 Å². The lowest BCUT2D eigenvalue weighted by molar-refractivity contribution is -0.123. The van der Waals surface area contributed by atoms with Gasteiger partial charge in [0.1, 0.15) is 9.96 Å². The van der Waals surface area contributed by atoms with Crippen LogP contribution in [0.15, 0.2) is 40.6 Å². The van der Waals surface area contributed by atoms with Crippen molar-refractivity contribution in [2.75, 3.05) is 6.61 Å². The lowest BCUT2D eigenvalue weighted by atomic mass is 10.2. The van der Waals surface area contributed by atoms with E-state index in [1.807, 2.05) is 24.3 Å². The van der Waals surface area contributed by atoms with E-state index in [0.717, 1.165) is 17.8 Å². The van der Waals surface area contributed by atoms with Gasteiger partial charge in [0.15, 0.2) is 6.61 Å². The van der Waals surface area contributed by atoms with E-state index in [-0.39, 0.29) is 23.3 Å². The molecule has 8 heteroatoms. The molecule has 1 amide bonds. The molecule has 2 rings (SSSR count).